The summed E-state index contributed by atoms with van der Waals surface area (Å²) < 4.78 is 6.47. The van der Waals surface area contributed by atoms with Gasteiger partial charge in [-0.15, -0.1) is 11.3 Å². The van der Waals surface area contributed by atoms with E-state index in [-0.39, 0.29) is 12.5 Å². The van der Waals surface area contributed by atoms with E-state index in [1.807, 2.05) is 31.2 Å². The van der Waals surface area contributed by atoms with Gasteiger partial charge in [-0.1, -0.05) is 17.7 Å². The van der Waals surface area contributed by atoms with Gasteiger partial charge in [0.1, 0.15) is 11.6 Å². The molecule has 2 aliphatic rings. The minimum atomic E-state index is -0.118. The Kier molecular flexibility index (Phi) is 5.54. The van der Waals surface area contributed by atoms with Crippen molar-refractivity contribution in [2.24, 2.45) is 0 Å². The summed E-state index contributed by atoms with van der Waals surface area (Å²) in [6, 6.07) is 9.92. The van der Waals surface area contributed by atoms with Crippen molar-refractivity contribution in [3.8, 4) is 16.5 Å². The number of aromatic nitrogens is 2. The summed E-state index contributed by atoms with van der Waals surface area (Å²) >= 11 is 7.66. The number of carbonyl (C=O) groups excluding carboxylic acids is 1. The molecule has 0 fully saturated rings. The number of aryl methyl sites for hydroxylation is 1. The molecule has 0 radical (unpaired) electrons. The molecule has 0 saturated heterocycles. The van der Waals surface area contributed by atoms with Gasteiger partial charge >= 0.3 is 0 Å². The van der Waals surface area contributed by atoms with Crippen LogP contribution in [0.4, 0.5) is 11.5 Å². The van der Waals surface area contributed by atoms with Crippen LogP contribution in [-0.2, 0) is 24.1 Å². The Morgan fingerprint density at radius 1 is 1.23 bits per heavy atom. The SMILES string of the molecule is CCNC(=O)COc1ccc2c(c1)N(c1nc(-c3ccc(Cl)s3)nc3c1CCC3)CC2. The Morgan fingerprint density at radius 2 is 2.13 bits per heavy atom. The Balaban J connectivity index is 1.49. The van der Waals surface area contributed by atoms with Crippen molar-refractivity contribution in [2.75, 3.05) is 24.6 Å². The van der Waals surface area contributed by atoms with Crippen molar-refractivity contribution < 1.29 is 9.53 Å². The third kappa shape index (κ3) is 4.00. The fourth-order valence-corrected chi connectivity index (χ4v) is 5.22. The second-order valence-electron chi connectivity index (χ2n) is 7.69. The average Bonchev–Trinajstić information content (AvgIpc) is 3.50. The molecule has 5 rings (SSSR count). The van der Waals surface area contributed by atoms with E-state index in [9.17, 15) is 4.79 Å². The van der Waals surface area contributed by atoms with Gasteiger partial charge in [0, 0.05) is 36.1 Å². The van der Waals surface area contributed by atoms with Crippen molar-refractivity contribution >= 4 is 40.4 Å². The predicted molar refractivity (Wildman–Crippen MR) is 124 cm³/mol. The number of thiophene rings is 1. The van der Waals surface area contributed by atoms with Crippen molar-refractivity contribution in [1.29, 1.82) is 0 Å². The summed E-state index contributed by atoms with van der Waals surface area (Å²) in [5.74, 6) is 2.30. The molecule has 0 saturated carbocycles. The van der Waals surface area contributed by atoms with E-state index in [0.29, 0.717) is 12.3 Å². The fraction of sp³-hybridized carbons (Fsp3) is 0.348. The molecular formula is C23H23ClN4O2S. The van der Waals surface area contributed by atoms with Crippen molar-refractivity contribution in [2.45, 2.75) is 32.6 Å². The molecule has 1 aromatic carbocycles. The van der Waals surface area contributed by atoms with Crippen molar-refractivity contribution in [3.05, 3.63) is 51.5 Å². The number of nitrogens with zero attached hydrogens (tertiary/aromatic N) is 3. The molecule has 1 aliphatic carbocycles. The van der Waals surface area contributed by atoms with Crippen LogP contribution in [0.15, 0.2) is 30.3 Å². The van der Waals surface area contributed by atoms with Crippen LogP contribution in [0.3, 0.4) is 0 Å². The number of fused-ring (bicyclic) bond motifs is 2. The van der Waals surface area contributed by atoms with Crippen molar-refractivity contribution in [3.63, 3.8) is 0 Å². The van der Waals surface area contributed by atoms with Gasteiger partial charge in [-0.25, -0.2) is 9.97 Å². The fourth-order valence-electron chi connectivity index (χ4n) is 4.25. The maximum absolute atomic E-state index is 11.8. The number of rotatable bonds is 6. The van der Waals surface area contributed by atoms with E-state index in [1.54, 1.807) is 0 Å². The zero-order valence-electron chi connectivity index (χ0n) is 17.3. The van der Waals surface area contributed by atoms with Gasteiger partial charge in [0.05, 0.1) is 9.21 Å². The first-order valence-corrected chi connectivity index (χ1v) is 11.8. The molecule has 31 heavy (non-hydrogen) atoms. The molecule has 1 amide bonds. The third-order valence-electron chi connectivity index (χ3n) is 5.66. The molecule has 0 bridgehead atoms. The molecule has 0 atom stereocenters. The second-order valence-corrected chi connectivity index (χ2v) is 9.40. The normalized spacial score (nSPS) is 14.5. The van der Waals surface area contributed by atoms with E-state index in [1.165, 1.54) is 22.5 Å². The average molecular weight is 455 g/mol. The van der Waals surface area contributed by atoms with Crippen LogP contribution in [0.25, 0.3) is 10.7 Å². The Hall–Kier alpha value is -2.64. The van der Waals surface area contributed by atoms with Gasteiger partial charge in [0.15, 0.2) is 12.4 Å². The molecule has 160 valence electrons. The molecule has 1 N–H and O–H groups in total. The molecule has 6 nitrogen and oxygen atoms in total. The largest absolute Gasteiger partial charge is 0.484 e. The highest BCUT2D eigenvalue weighted by Gasteiger charge is 2.29. The van der Waals surface area contributed by atoms with Gasteiger partial charge in [-0.2, -0.15) is 0 Å². The summed E-state index contributed by atoms with van der Waals surface area (Å²) in [6.07, 6.45) is 4.02. The van der Waals surface area contributed by atoms with E-state index >= 15 is 0 Å². The molecule has 0 spiro atoms. The van der Waals surface area contributed by atoms with Crippen LogP contribution < -0.4 is 15.0 Å². The Morgan fingerprint density at radius 3 is 2.94 bits per heavy atom. The highest BCUT2D eigenvalue weighted by atomic mass is 35.5. The summed E-state index contributed by atoms with van der Waals surface area (Å²) in [6.45, 7) is 3.36. The summed E-state index contributed by atoms with van der Waals surface area (Å²) in [7, 11) is 0. The Bertz CT molecular complexity index is 1150. The molecule has 2 aromatic heterocycles. The van der Waals surface area contributed by atoms with Crippen LogP contribution in [0.2, 0.25) is 4.34 Å². The minimum Gasteiger partial charge on any atom is -0.484 e. The predicted octanol–water partition coefficient (Wildman–Crippen LogP) is 4.56. The Labute approximate surface area is 190 Å². The second kappa shape index (κ2) is 8.48. The lowest BCUT2D eigenvalue weighted by molar-refractivity contribution is -0.122. The lowest BCUT2D eigenvalue weighted by atomic mass is 10.1. The van der Waals surface area contributed by atoms with E-state index in [0.717, 1.165) is 64.5 Å². The van der Waals surface area contributed by atoms with Crippen LogP contribution in [0.1, 0.15) is 30.2 Å². The first-order valence-electron chi connectivity index (χ1n) is 10.6. The quantitative estimate of drug-likeness (QED) is 0.591. The zero-order chi connectivity index (χ0) is 21.4. The first-order chi connectivity index (χ1) is 15.1. The van der Waals surface area contributed by atoms with Crippen LogP contribution in [0, 0.1) is 0 Å². The molecule has 1 aliphatic heterocycles. The summed E-state index contributed by atoms with van der Waals surface area (Å²) in [5.41, 5.74) is 4.74. The van der Waals surface area contributed by atoms with E-state index in [4.69, 9.17) is 26.3 Å². The maximum atomic E-state index is 11.8. The summed E-state index contributed by atoms with van der Waals surface area (Å²) in [5, 5.41) is 2.75. The van der Waals surface area contributed by atoms with Crippen molar-refractivity contribution in [1.82, 2.24) is 15.3 Å². The number of amides is 1. The summed E-state index contributed by atoms with van der Waals surface area (Å²) in [4.78, 5) is 24.9. The number of anilines is 2. The lowest BCUT2D eigenvalue weighted by Crippen LogP contribution is -2.28. The van der Waals surface area contributed by atoms with Crippen LogP contribution >= 0.6 is 22.9 Å². The van der Waals surface area contributed by atoms with Gasteiger partial charge < -0.3 is 15.0 Å². The molecule has 0 unspecified atom stereocenters. The van der Waals surface area contributed by atoms with Crippen LogP contribution in [-0.4, -0.2) is 35.6 Å². The number of hydrogen-bond donors (Lipinski definition) is 1. The zero-order valence-corrected chi connectivity index (χ0v) is 18.9. The maximum Gasteiger partial charge on any atom is 0.257 e. The smallest absolute Gasteiger partial charge is 0.257 e. The minimum absolute atomic E-state index is 0.0127. The molecule has 3 heterocycles. The van der Waals surface area contributed by atoms with E-state index in [2.05, 4.69) is 16.3 Å². The number of likely N-dealkylation sites (N-methyl/N-ethyl adjacent to an activating group) is 1. The highest BCUT2D eigenvalue weighted by molar-refractivity contribution is 7.19. The molecule has 3 aromatic rings. The number of carbonyl (C=O) groups is 1. The molecular weight excluding hydrogens is 432 g/mol. The van der Waals surface area contributed by atoms with E-state index < -0.39 is 0 Å². The first kappa shape index (κ1) is 20.3. The third-order valence-corrected chi connectivity index (χ3v) is 6.88. The highest BCUT2D eigenvalue weighted by Crippen LogP contribution is 2.41. The monoisotopic (exact) mass is 454 g/mol. The molecule has 8 heteroatoms. The van der Waals surface area contributed by atoms with Gasteiger partial charge in [-0.05, 0) is 56.4 Å². The number of halogens is 1. The van der Waals surface area contributed by atoms with Gasteiger partial charge in [0.25, 0.3) is 5.91 Å². The number of hydrogen-bond acceptors (Lipinski definition) is 6. The number of benzene rings is 1. The standard InChI is InChI=1S/C23H23ClN4O2S/c1-2-25-21(29)13-30-15-7-6-14-10-11-28(18(14)12-15)23-16-4-3-5-17(16)26-22(27-23)19-8-9-20(24)31-19/h6-9,12H,2-5,10-11,13H2,1H3,(H,25,29). The number of nitrogens with one attached hydrogen (secondary N) is 1. The topological polar surface area (TPSA) is 67.3 Å². The van der Waals surface area contributed by atoms with Gasteiger partial charge in [-0.3, -0.25) is 4.79 Å². The van der Waals surface area contributed by atoms with Gasteiger partial charge in [0.2, 0.25) is 0 Å². The van der Waals surface area contributed by atoms with Crippen LogP contribution in [0.5, 0.6) is 5.75 Å². The lowest BCUT2D eigenvalue weighted by Gasteiger charge is -2.22. The number of ether oxygens (including phenoxy) is 1.